The molecular formula is C12H13F2N5O2. The summed E-state index contributed by atoms with van der Waals surface area (Å²) in [4.78, 5) is 17.8. The van der Waals surface area contributed by atoms with Gasteiger partial charge in [0.25, 0.3) is 12.3 Å². The molecule has 0 unspecified atom stereocenters. The van der Waals surface area contributed by atoms with Gasteiger partial charge in [0.1, 0.15) is 12.2 Å². The minimum atomic E-state index is -2.50. The van der Waals surface area contributed by atoms with E-state index in [-0.39, 0.29) is 17.5 Å². The van der Waals surface area contributed by atoms with E-state index in [9.17, 15) is 13.6 Å². The van der Waals surface area contributed by atoms with Gasteiger partial charge in [-0.1, -0.05) is 5.16 Å². The molecule has 0 aliphatic carbocycles. The lowest BCUT2D eigenvalue weighted by atomic mass is 10.00. The van der Waals surface area contributed by atoms with Crippen molar-refractivity contribution in [3.8, 4) is 0 Å². The summed E-state index contributed by atoms with van der Waals surface area (Å²) < 4.78 is 30.6. The molecule has 1 fully saturated rings. The summed E-state index contributed by atoms with van der Waals surface area (Å²) in [7, 11) is 0. The summed E-state index contributed by atoms with van der Waals surface area (Å²) in [6.45, 7) is 2.13. The Labute approximate surface area is 118 Å². The standard InChI is InChI=1S/C12H13F2N5O2/c1-7-15-11(21-17-7)8-4-18(5-8)12(20)9-2-3-19(16-9)6-10(13)14/h2-3,8,10H,4-6H2,1H3. The summed E-state index contributed by atoms with van der Waals surface area (Å²) in [5, 5.41) is 7.55. The second-order valence-electron chi connectivity index (χ2n) is 4.90. The molecule has 0 saturated carbocycles. The van der Waals surface area contributed by atoms with Gasteiger partial charge in [0.15, 0.2) is 5.82 Å². The monoisotopic (exact) mass is 297 g/mol. The smallest absolute Gasteiger partial charge is 0.274 e. The van der Waals surface area contributed by atoms with Gasteiger partial charge in [0.2, 0.25) is 5.89 Å². The van der Waals surface area contributed by atoms with Gasteiger partial charge in [-0.3, -0.25) is 9.48 Å². The molecule has 1 amide bonds. The number of hydrogen-bond donors (Lipinski definition) is 0. The number of amides is 1. The molecule has 2 aromatic heterocycles. The average Bonchev–Trinajstić information content (AvgIpc) is 2.96. The summed E-state index contributed by atoms with van der Waals surface area (Å²) in [5.74, 6) is 0.814. The van der Waals surface area contributed by atoms with Crippen LogP contribution in [-0.2, 0) is 6.54 Å². The van der Waals surface area contributed by atoms with Crippen molar-refractivity contribution in [1.29, 1.82) is 0 Å². The largest absolute Gasteiger partial charge is 0.339 e. The van der Waals surface area contributed by atoms with Gasteiger partial charge in [-0.15, -0.1) is 0 Å². The number of aryl methyl sites for hydroxylation is 1. The molecule has 0 bridgehead atoms. The van der Waals surface area contributed by atoms with E-state index in [4.69, 9.17) is 4.52 Å². The van der Waals surface area contributed by atoms with E-state index in [1.807, 2.05) is 0 Å². The van der Waals surface area contributed by atoms with Crippen LogP contribution in [0.1, 0.15) is 28.1 Å². The Morgan fingerprint density at radius 1 is 1.52 bits per heavy atom. The SMILES string of the molecule is Cc1noc(C2CN(C(=O)c3ccn(CC(F)F)n3)C2)n1. The third kappa shape index (κ3) is 2.76. The minimum absolute atomic E-state index is 0.0262. The van der Waals surface area contributed by atoms with E-state index in [0.29, 0.717) is 24.8 Å². The Morgan fingerprint density at radius 2 is 2.29 bits per heavy atom. The van der Waals surface area contributed by atoms with E-state index in [0.717, 1.165) is 4.68 Å². The molecule has 21 heavy (non-hydrogen) atoms. The summed E-state index contributed by atoms with van der Waals surface area (Å²) in [6.07, 6.45) is -1.13. The Balaban J connectivity index is 1.59. The van der Waals surface area contributed by atoms with Crippen LogP contribution >= 0.6 is 0 Å². The zero-order chi connectivity index (χ0) is 15.0. The fourth-order valence-electron chi connectivity index (χ4n) is 2.16. The normalized spacial score (nSPS) is 15.5. The van der Waals surface area contributed by atoms with Gasteiger partial charge in [-0.05, 0) is 13.0 Å². The number of aromatic nitrogens is 4. The van der Waals surface area contributed by atoms with E-state index < -0.39 is 13.0 Å². The molecule has 0 radical (unpaired) electrons. The predicted molar refractivity (Wildman–Crippen MR) is 65.9 cm³/mol. The number of halogens is 2. The number of rotatable bonds is 4. The van der Waals surface area contributed by atoms with Crippen molar-refractivity contribution in [1.82, 2.24) is 24.8 Å². The average molecular weight is 297 g/mol. The molecule has 3 rings (SSSR count). The first-order chi connectivity index (χ1) is 10.0. The highest BCUT2D eigenvalue weighted by molar-refractivity contribution is 5.92. The van der Waals surface area contributed by atoms with Crippen LogP contribution in [0.25, 0.3) is 0 Å². The van der Waals surface area contributed by atoms with Crippen LogP contribution < -0.4 is 0 Å². The van der Waals surface area contributed by atoms with Crippen LogP contribution in [0.4, 0.5) is 8.78 Å². The van der Waals surface area contributed by atoms with Crippen LogP contribution in [0.3, 0.4) is 0 Å². The van der Waals surface area contributed by atoms with E-state index >= 15 is 0 Å². The zero-order valence-corrected chi connectivity index (χ0v) is 11.2. The molecule has 0 N–H and O–H groups in total. The van der Waals surface area contributed by atoms with Gasteiger partial charge in [0, 0.05) is 19.3 Å². The molecule has 1 aliphatic rings. The van der Waals surface area contributed by atoms with Crippen LogP contribution in [0, 0.1) is 6.92 Å². The lowest BCUT2D eigenvalue weighted by molar-refractivity contribution is 0.0560. The van der Waals surface area contributed by atoms with Gasteiger partial charge in [0.05, 0.1) is 5.92 Å². The molecule has 1 aliphatic heterocycles. The molecular weight excluding hydrogens is 284 g/mol. The number of likely N-dealkylation sites (tertiary alicyclic amines) is 1. The Hall–Kier alpha value is -2.32. The Bertz CT molecular complexity index is 648. The molecule has 7 nitrogen and oxygen atoms in total. The summed E-state index contributed by atoms with van der Waals surface area (Å²) >= 11 is 0. The Morgan fingerprint density at radius 3 is 2.90 bits per heavy atom. The van der Waals surface area contributed by atoms with Gasteiger partial charge in [-0.2, -0.15) is 10.1 Å². The van der Waals surface area contributed by atoms with Gasteiger partial charge < -0.3 is 9.42 Å². The third-order valence-electron chi connectivity index (χ3n) is 3.25. The predicted octanol–water partition coefficient (Wildman–Crippen LogP) is 1.08. The second-order valence-corrected chi connectivity index (χ2v) is 4.90. The second kappa shape index (κ2) is 5.23. The number of alkyl halides is 2. The van der Waals surface area contributed by atoms with Crippen molar-refractivity contribution in [2.45, 2.75) is 25.8 Å². The number of nitrogens with zero attached hydrogens (tertiary/aromatic N) is 5. The summed E-state index contributed by atoms with van der Waals surface area (Å²) in [6, 6.07) is 1.44. The highest BCUT2D eigenvalue weighted by Crippen LogP contribution is 2.26. The highest BCUT2D eigenvalue weighted by Gasteiger charge is 2.36. The summed E-state index contributed by atoms with van der Waals surface area (Å²) in [5.41, 5.74) is 0.163. The highest BCUT2D eigenvalue weighted by atomic mass is 19.3. The van der Waals surface area contributed by atoms with E-state index in [2.05, 4.69) is 15.2 Å². The first-order valence-electron chi connectivity index (χ1n) is 6.44. The van der Waals surface area contributed by atoms with Crippen LogP contribution in [0.15, 0.2) is 16.8 Å². The quantitative estimate of drug-likeness (QED) is 0.844. The van der Waals surface area contributed by atoms with Crippen molar-refractivity contribution < 1.29 is 18.1 Å². The molecule has 0 spiro atoms. The van der Waals surface area contributed by atoms with Crippen LogP contribution in [0.5, 0.6) is 0 Å². The molecule has 0 aromatic carbocycles. The Kier molecular flexibility index (Phi) is 3.40. The van der Waals surface area contributed by atoms with Gasteiger partial charge >= 0.3 is 0 Å². The number of carbonyl (C=O) groups is 1. The molecule has 112 valence electrons. The fourth-order valence-corrected chi connectivity index (χ4v) is 2.16. The maximum atomic E-state index is 12.2. The third-order valence-corrected chi connectivity index (χ3v) is 3.25. The topological polar surface area (TPSA) is 77.0 Å². The number of carbonyl (C=O) groups excluding carboxylic acids is 1. The lowest BCUT2D eigenvalue weighted by Gasteiger charge is -2.36. The molecule has 1 saturated heterocycles. The molecule has 0 atom stereocenters. The molecule has 9 heteroatoms. The van der Waals surface area contributed by atoms with Crippen LogP contribution in [-0.4, -0.2) is 50.2 Å². The fraction of sp³-hybridized carbons (Fsp3) is 0.500. The van der Waals surface area contributed by atoms with Crippen LogP contribution in [0.2, 0.25) is 0 Å². The first-order valence-corrected chi connectivity index (χ1v) is 6.44. The zero-order valence-electron chi connectivity index (χ0n) is 11.2. The van der Waals surface area contributed by atoms with Crippen molar-refractivity contribution >= 4 is 5.91 Å². The van der Waals surface area contributed by atoms with Crippen molar-refractivity contribution in [2.24, 2.45) is 0 Å². The van der Waals surface area contributed by atoms with E-state index in [1.165, 1.54) is 12.3 Å². The minimum Gasteiger partial charge on any atom is -0.339 e. The van der Waals surface area contributed by atoms with Crippen molar-refractivity contribution in [2.75, 3.05) is 13.1 Å². The lowest BCUT2D eigenvalue weighted by Crippen LogP contribution is -2.48. The molecule has 3 heterocycles. The first kappa shape index (κ1) is 13.7. The van der Waals surface area contributed by atoms with Crippen molar-refractivity contribution in [3.05, 3.63) is 29.7 Å². The van der Waals surface area contributed by atoms with Gasteiger partial charge in [-0.25, -0.2) is 8.78 Å². The molecule has 2 aromatic rings. The van der Waals surface area contributed by atoms with Crippen molar-refractivity contribution in [3.63, 3.8) is 0 Å². The van der Waals surface area contributed by atoms with E-state index in [1.54, 1.807) is 11.8 Å². The maximum absolute atomic E-state index is 12.2. The number of hydrogen-bond acceptors (Lipinski definition) is 5. The maximum Gasteiger partial charge on any atom is 0.274 e.